The Morgan fingerprint density at radius 3 is 2.74 bits per heavy atom. The van der Waals surface area contributed by atoms with Crippen molar-refractivity contribution in [2.75, 3.05) is 18.8 Å². The second kappa shape index (κ2) is 5.00. The molecule has 1 aliphatic heterocycles. The maximum absolute atomic E-state index is 5.66. The van der Waals surface area contributed by atoms with Gasteiger partial charge in [-0.25, -0.2) is 4.98 Å². The van der Waals surface area contributed by atoms with Gasteiger partial charge in [-0.3, -0.25) is 14.3 Å². The first-order chi connectivity index (χ1) is 9.22. The van der Waals surface area contributed by atoms with Crippen molar-refractivity contribution in [3.8, 4) is 0 Å². The maximum atomic E-state index is 5.66. The number of nitrogen functional groups attached to an aromatic ring is 1. The van der Waals surface area contributed by atoms with E-state index in [1.165, 1.54) is 0 Å². The summed E-state index contributed by atoms with van der Waals surface area (Å²) in [6.07, 6.45) is 5.77. The fourth-order valence-corrected chi connectivity index (χ4v) is 2.56. The Kier molecular flexibility index (Phi) is 3.20. The van der Waals surface area contributed by atoms with Crippen molar-refractivity contribution in [2.24, 2.45) is 7.05 Å². The van der Waals surface area contributed by atoms with Gasteiger partial charge in [-0.05, 0) is 18.9 Å². The molecule has 2 N–H and O–H groups in total. The van der Waals surface area contributed by atoms with E-state index >= 15 is 0 Å². The van der Waals surface area contributed by atoms with Crippen LogP contribution in [0.3, 0.4) is 0 Å². The van der Waals surface area contributed by atoms with Crippen LogP contribution in [0.4, 0.5) is 5.82 Å². The number of aryl methyl sites for hydroxylation is 1. The molecule has 0 aromatic carbocycles. The molecule has 1 fully saturated rings. The minimum atomic E-state index is 0.466. The molecule has 19 heavy (non-hydrogen) atoms. The van der Waals surface area contributed by atoms with Gasteiger partial charge in [-0.1, -0.05) is 0 Å². The van der Waals surface area contributed by atoms with Gasteiger partial charge in [0, 0.05) is 26.3 Å². The van der Waals surface area contributed by atoms with Crippen LogP contribution in [0.1, 0.15) is 24.7 Å². The number of nitrogens with two attached hydrogens (primary N) is 1. The van der Waals surface area contributed by atoms with Crippen LogP contribution in [0.2, 0.25) is 0 Å². The van der Waals surface area contributed by atoms with Crippen LogP contribution >= 0.6 is 0 Å². The van der Waals surface area contributed by atoms with Crippen LogP contribution in [0.15, 0.2) is 18.6 Å². The second-order valence-electron chi connectivity index (χ2n) is 5.03. The van der Waals surface area contributed by atoms with E-state index in [0.29, 0.717) is 11.9 Å². The average Bonchev–Trinajstić information content (AvgIpc) is 3.00. The summed E-state index contributed by atoms with van der Waals surface area (Å²) >= 11 is 0. The third-order valence-electron chi connectivity index (χ3n) is 3.73. The molecule has 0 unspecified atom stereocenters. The van der Waals surface area contributed by atoms with E-state index < -0.39 is 0 Å². The number of aromatic nitrogens is 5. The summed E-state index contributed by atoms with van der Waals surface area (Å²) < 4.78 is 3.83. The van der Waals surface area contributed by atoms with E-state index in [0.717, 1.165) is 38.3 Å². The molecule has 1 saturated heterocycles. The van der Waals surface area contributed by atoms with Gasteiger partial charge in [0.2, 0.25) is 0 Å². The molecule has 3 heterocycles. The maximum Gasteiger partial charge on any atom is 0.145 e. The number of nitrogens with zero attached hydrogens (tertiary/aromatic N) is 6. The van der Waals surface area contributed by atoms with Gasteiger partial charge in [0.05, 0.1) is 12.6 Å². The van der Waals surface area contributed by atoms with E-state index in [4.69, 9.17) is 5.73 Å². The predicted molar refractivity (Wildman–Crippen MR) is 71.2 cm³/mol. The zero-order valence-electron chi connectivity index (χ0n) is 11.1. The molecule has 2 aromatic rings. The van der Waals surface area contributed by atoms with E-state index in [9.17, 15) is 0 Å². The van der Waals surface area contributed by atoms with Gasteiger partial charge in [-0.15, -0.1) is 0 Å². The highest BCUT2D eigenvalue weighted by molar-refractivity contribution is 5.24. The summed E-state index contributed by atoms with van der Waals surface area (Å²) in [5.74, 6) is 1.61. The lowest BCUT2D eigenvalue weighted by Gasteiger charge is -2.31. The van der Waals surface area contributed by atoms with Crippen molar-refractivity contribution in [3.05, 3.63) is 24.4 Å². The molecule has 0 atom stereocenters. The Bertz CT molecular complexity index is 536. The zero-order valence-corrected chi connectivity index (χ0v) is 11.1. The molecule has 102 valence electrons. The second-order valence-corrected chi connectivity index (χ2v) is 5.03. The highest BCUT2D eigenvalue weighted by Gasteiger charge is 2.21. The Balaban J connectivity index is 1.56. The number of rotatable bonds is 3. The zero-order chi connectivity index (χ0) is 13.2. The summed E-state index contributed by atoms with van der Waals surface area (Å²) in [7, 11) is 1.93. The van der Waals surface area contributed by atoms with Crippen LogP contribution < -0.4 is 5.73 Å². The van der Waals surface area contributed by atoms with E-state index in [1.807, 2.05) is 28.7 Å². The first kappa shape index (κ1) is 12.2. The lowest BCUT2D eigenvalue weighted by Crippen LogP contribution is -2.35. The van der Waals surface area contributed by atoms with Gasteiger partial charge in [0.1, 0.15) is 18.0 Å². The fraction of sp³-hybridized carbons (Fsp3) is 0.583. The first-order valence-electron chi connectivity index (χ1n) is 6.58. The lowest BCUT2D eigenvalue weighted by molar-refractivity contribution is 0.168. The molecule has 7 nitrogen and oxygen atoms in total. The summed E-state index contributed by atoms with van der Waals surface area (Å²) in [6, 6.07) is 2.32. The smallest absolute Gasteiger partial charge is 0.145 e. The Morgan fingerprint density at radius 1 is 1.37 bits per heavy atom. The van der Waals surface area contributed by atoms with Crippen molar-refractivity contribution < 1.29 is 0 Å². The van der Waals surface area contributed by atoms with Crippen LogP contribution in [-0.2, 0) is 13.6 Å². The SMILES string of the molecule is Cn1ncnc1CN1CCC(n2ccc(N)n2)CC1. The van der Waals surface area contributed by atoms with Gasteiger partial charge < -0.3 is 5.73 Å². The molecule has 0 saturated carbocycles. The number of hydrogen-bond donors (Lipinski definition) is 1. The number of piperidine rings is 1. The van der Waals surface area contributed by atoms with E-state index in [-0.39, 0.29) is 0 Å². The van der Waals surface area contributed by atoms with E-state index in [2.05, 4.69) is 20.1 Å². The molecular weight excluding hydrogens is 242 g/mol. The summed E-state index contributed by atoms with van der Waals surface area (Å²) in [6.45, 7) is 2.97. The van der Waals surface area contributed by atoms with Gasteiger partial charge in [0.15, 0.2) is 0 Å². The molecule has 0 radical (unpaired) electrons. The molecule has 7 heteroatoms. The monoisotopic (exact) mass is 261 g/mol. The summed E-state index contributed by atoms with van der Waals surface area (Å²) in [4.78, 5) is 6.68. The summed E-state index contributed by atoms with van der Waals surface area (Å²) in [5.41, 5.74) is 5.66. The van der Waals surface area contributed by atoms with Crippen LogP contribution in [0.25, 0.3) is 0 Å². The molecule has 0 spiro atoms. The van der Waals surface area contributed by atoms with Gasteiger partial charge in [0.25, 0.3) is 0 Å². The number of hydrogen-bond acceptors (Lipinski definition) is 5. The van der Waals surface area contributed by atoms with Crippen molar-refractivity contribution >= 4 is 5.82 Å². The van der Waals surface area contributed by atoms with Gasteiger partial charge in [-0.2, -0.15) is 10.2 Å². The molecule has 2 aromatic heterocycles. The predicted octanol–water partition coefficient (Wildman–Crippen LogP) is 0.431. The summed E-state index contributed by atoms with van der Waals surface area (Å²) in [5, 5.41) is 8.40. The first-order valence-corrected chi connectivity index (χ1v) is 6.58. The molecule has 0 bridgehead atoms. The largest absolute Gasteiger partial charge is 0.382 e. The van der Waals surface area contributed by atoms with Crippen LogP contribution in [-0.4, -0.2) is 42.5 Å². The normalized spacial score (nSPS) is 17.9. The third-order valence-corrected chi connectivity index (χ3v) is 3.73. The molecule has 1 aliphatic rings. The fourth-order valence-electron chi connectivity index (χ4n) is 2.56. The van der Waals surface area contributed by atoms with Gasteiger partial charge >= 0.3 is 0 Å². The number of anilines is 1. The highest BCUT2D eigenvalue weighted by atomic mass is 15.3. The lowest BCUT2D eigenvalue weighted by atomic mass is 10.1. The average molecular weight is 261 g/mol. The molecule has 0 amide bonds. The molecule has 0 aliphatic carbocycles. The minimum Gasteiger partial charge on any atom is -0.382 e. The van der Waals surface area contributed by atoms with Crippen molar-refractivity contribution in [2.45, 2.75) is 25.4 Å². The highest BCUT2D eigenvalue weighted by Crippen LogP contribution is 2.22. The Hall–Kier alpha value is -1.89. The van der Waals surface area contributed by atoms with Crippen molar-refractivity contribution in [1.82, 2.24) is 29.4 Å². The van der Waals surface area contributed by atoms with Crippen LogP contribution in [0, 0.1) is 0 Å². The van der Waals surface area contributed by atoms with E-state index in [1.54, 1.807) is 6.33 Å². The van der Waals surface area contributed by atoms with Crippen molar-refractivity contribution in [3.63, 3.8) is 0 Å². The minimum absolute atomic E-state index is 0.466. The topological polar surface area (TPSA) is 77.8 Å². The number of likely N-dealkylation sites (tertiary alicyclic amines) is 1. The Labute approximate surface area is 112 Å². The third kappa shape index (κ3) is 2.60. The molecular formula is C12H19N7. The molecule has 3 rings (SSSR count). The quantitative estimate of drug-likeness (QED) is 0.867. The van der Waals surface area contributed by atoms with Crippen LogP contribution in [0.5, 0.6) is 0 Å². The Morgan fingerprint density at radius 2 is 2.16 bits per heavy atom. The van der Waals surface area contributed by atoms with Crippen molar-refractivity contribution in [1.29, 1.82) is 0 Å². The standard InChI is InChI=1S/C12H19N7/c1-17-12(14-9-15-17)8-18-5-2-10(3-6-18)19-7-4-11(13)16-19/h4,7,9-10H,2-3,5-6,8H2,1H3,(H2,13,16).